The van der Waals surface area contributed by atoms with Gasteiger partial charge in [-0.3, -0.25) is 14.5 Å². The summed E-state index contributed by atoms with van der Waals surface area (Å²) in [5, 5.41) is 9.82. The van der Waals surface area contributed by atoms with Crippen LogP contribution in [0.1, 0.15) is 0 Å². The Morgan fingerprint density at radius 3 is 2.68 bits per heavy atom. The van der Waals surface area contributed by atoms with Crippen molar-refractivity contribution < 1.29 is 8.78 Å². The third-order valence-electron chi connectivity index (χ3n) is 4.74. The van der Waals surface area contributed by atoms with Gasteiger partial charge in [0, 0.05) is 30.9 Å². The number of para-hydroxylation sites is 1. The van der Waals surface area contributed by atoms with E-state index in [1.54, 1.807) is 6.07 Å². The van der Waals surface area contributed by atoms with Gasteiger partial charge in [-0.15, -0.1) is 0 Å². The number of aromatic amines is 1. The monoisotopic (exact) mass is 426 g/mol. The lowest BCUT2D eigenvalue weighted by molar-refractivity contribution is 0.425. The molecule has 0 aliphatic rings. The van der Waals surface area contributed by atoms with E-state index >= 15 is 0 Å². The fraction of sp³-hybridized carbons (Fsp3) is 0.200. The van der Waals surface area contributed by atoms with Gasteiger partial charge < -0.3 is 16.0 Å². The zero-order chi connectivity index (χ0) is 22.1. The fourth-order valence-corrected chi connectivity index (χ4v) is 3.23. The minimum absolute atomic E-state index is 0.0147. The Bertz CT molecular complexity index is 1290. The number of anilines is 2. The van der Waals surface area contributed by atoms with Gasteiger partial charge in [-0.05, 0) is 26.2 Å². The van der Waals surface area contributed by atoms with Crippen LogP contribution in [0.25, 0.3) is 27.8 Å². The van der Waals surface area contributed by atoms with Crippen molar-refractivity contribution >= 4 is 22.5 Å². The molecular formula is C20H20F2N8O. The Morgan fingerprint density at radius 1 is 1.23 bits per heavy atom. The number of rotatable bonds is 6. The largest absolute Gasteiger partial charge is 0.382 e. The van der Waals surface area contributed by atoms with Crippen LogP contribution in [-0.4, -0.2) is 56.8 Å². The van der Waals surface area contributed by atoms with Gasteiger partial charge >= 0.3 is 0 Å². The molecule has 9 nitrogen and oxygen atoms in total. The average molecular weight is 426 g/mol. The first-order chi connectivity index (χ1) is 14.9. The highest BCUT2D eigenvalue weighted by Crippen LogP contribution is 2.29. The summed E-state index contributed by atoms with van der Waals surface area (Å²) in [5.74, 6) is -1.29. The number of pyridine rings is 1. The average Bonchev–Trinajstić information content (AvgIpc) is 3.11. The van der Waals surface area contributed by atoms with Crippen molar-refractivity contribution in [2.75, 3.05) is 38.2 Å². The molecule has 0 atom stereocenters. The van der Waals surface area contributed by atoms with Crippen LogP contribution in [-0.2, 0) is 0 Å². The first-order valence-electron chi connectivity index (χ1n) is 9.41. The number of nitrogen functional groups attached to an aromatic ring is 1. The van der Waals surface area contributed by atoms with E-state index in [1.165, 1.54) is 18.6 Å². The van der Waals surface area contributed by atoms with E-state index in [9.17, 15) is 13.6 Å². The van der Waals surface area contributed by atoms with Gasteiger partial charge in [0.25, 0.3) is 5.56 Å². The lowest BCUT2D eigenvalue weighted by Crippen LogP contribution is -2.21. The SMILES string of the molecule is CN(C)CCNc1cc(-c2cn(-c3c(F)cccc3F)c(=O)c3c(N)n[nH]c23)ncn1. The molecular weight excluding hydrogens is 406 g/mol. The number of hydrogen-bond acceptors (Lipinski definition) is 7. The summed E-state index contributed by atoms with van der Waals surface area (Å²) >= 11 is 0. The van der Waals surface area contributed by atoms with E-state index in [2.05, 4.69) is 25.5 Å². The van der Waals surface area contributed by atoms with Gasteiger partial charge in [-0.25, -0.2) is 18.7 Å². The Hall–Kier alpha value is -3.86. The van der Waals surface area contributed by atoms with Gasteiger partial charge in [-0.2, -0.15) is 5.10 Å². The summed E-state index contributed by atoms with van der Waals surface area (Å²) in [6.07, 6.45) is 2.67. The van der Waals surface area contributed by atoms with Crippen LogP contribution in [0.15, 0.2) is 41.6 Å². The molecule has 4 rings (SSSR count). The molecule has 0 saturated carbocycles. The van der Waals surface area contributed by atoms with E-state index in [4.69, 9.17) is 5.73 Å². The maximum Gasteiger partial charge on any atom is 0.268 e. The van der Waals surface area contributed by atoms with Gasteiger partial charge in [0.1, 0.15) is 34.9 Å². The molecule has 31 heavy (non-hydrogen) atoms. The molecule has 0 amide bonds. The Morgan fingerprint density at radius 2 is 1.97 bits per heavy atom. The van der Waals surface area contributed by atoms with E-state index < -0.39 is 22.9 Å². The second kappa shape index (κ2) is 8.11. The molecule has 3 aromatic heterocycles. The number of likely N-dealkylation sites (N-methyl/N-ethyl adjacent to an activating group) is 1. The van der Waals surface area contributed by atoms with Gasteiger partial charge in [0.15, 0.2) is 5.82 Å². The number of aromatic nitrogens is 5. The molecule has 0 saturated heterocycles. The van der Waals surface area contributed by atoms with Crippen molar-refractivity contribution in [3.8, 4) is 16.9 Å². The lowest BCUT2D eigenvalue weighted by Gasteiger charge is -2.13. The van der Waals surface area contributed by atoms with Crippen molar-refractivity contribution in [1.82, 2.24) is 29.6 Å². The molecule has 0 fully saturated rings. The molecule has 160 valence electrons. The van der Waals surface area contributed by atoms with Crippen molar-refractivity contribution in [2.45, 2.75) is 0 Å². The Labute approximate surface area is 175 Å². The third-order valence-corrected chi connectivity index (χ3v) is 4.74. The summed E-state index contributed by atoms with van der Waals surface area (Å²) in [6.45, 7) is 1.44. The van der Waals surface area contributed by atoms with Crippen LogP contribution >= 0.6 is 0 Å². The number of nitrogens with one attached hydrogen (secondary N) is 2. The highest BCUT2D eigenvalue weighted by Gasteiger charge is 2.21. The predicted molar refractivity (Wildman–Crippen MR) is 114 cm³/mol. The van der Waals surface area contributed by atoms with Crippen molar-refractivity contribution in [2.24, 2.45) is 0 Å². The van der Waals surface area contributed by atoms with Crippen LogP contribution in [0.5, 0.6) is 0 Å². The highest BCUT2D eigenvalue weighted by atomic mass is 19.1. The van der Waals surface area contributed by atoms with Crippen LogP contribution in [0.4, 0.5) is 20.4 Å². The van der Waals surface area contributed by atoms with Gasteiger partial charge in [0.05, 0.1) is 11.2 Å². The third kappa shape index (κ3) is 3.82. The van der Waals surface area contributed by atoms with Crippen LogP contribution < -0.4 is 16.6 Å². The topological polar surface area (TPSA) is 118 Å². The number of nitrogens with two attached hydrogens (primary N) is 1. The van der Waals surface area contributed by atoms with Crippen LogP contribution in [0.2, 0.25) is 0 Å². The Balaban J connectivity index is 1.90. The number of benzene rings is 1. The number of halogens is 2. The summed E-state index contributed by atoms with van der Waals surface area (Å²) in [4.78, 5) is 23.5. The lowest BCUT2D eigenvalue weighted by atomic mass is 10.1. The standard InChI is InChI=1S/C20H20F2N8O/c1-29(2)7-6-24-15-8-14(25-10-26-15)11-9-30(18-12(21)4-3-5-13(18)22)20(31)16-17(11)27-28-19(16)23/h3-5,8-10H,6-7H2,1-2H3,(H3,23,27,28)(H,24,25,26). The number of hydrogen-bond donors (Lipinski definition) is 3. The molecule has 1 aromatic carbocycles. The maximum absolute atomic E-state index is 14.5. The predicted octanol–water partition coefficient (Wildman–Crippen LogP) is 2.00. The van der Waals surface area contributed by atoms with Crippen molar-refractivity contribution in [3.05, 3.63) is 58.8 Å². The Kier molecular flexibility index (Phi) is 5.34. The van der Waals surface area contributed by atoms with Crippen LogP contribution in [0, 0.1) is 11.6 Å². The van der Waals surface area contributed by atoms with E-state index in [0.717, 1.165) is 23.2 Å². The minimum atomic E-state index is -0.886. The smallest absolute Gasteiger partial charge is 0.268 e. The number of H-pyrrole nitrogens is 1. The molecule has 0 aliphatic carbocycles. The molecule has 4 aromatic rings. The van der Waals surface area contributed by atoms with E-state index in [-0.39, 0.29) is 11.2 Å². The molecule has 0 radical (unpaired) electrons. The summed E-state index contributed by atoms with van der Waals surface area (Å²) < 4.78 is 29.8. The van der Waals surface area contributed by atoms with Crippen LogP contribution in [0.3, 0.4) is 0 Å². The van der Waals surface area contributed by atoms with Gasteiger partial charge in [0.2, 0.25) is 0 Å². The van der Waals surface area contributed by atoms with Crippen molar-refractivity contribution in [3.63, 3.8) is 0 Å². The maximum atomic E-state index is 14.5. The van der Waals surface area contributed by atoms with Crippen molar-refractivity contribution in [1.29, 1.82) is 0 Å². The molecule has 0 unspecified atom stereocenters. The first-order valence-corrected chi connectivity index (χ1v) is 9.41. The molecule has 0 spiro atoms. The second-order valence-corrected chi connectivity index (χ2v) is 7.17. The van der Waals surface area contributed by atoms with E-state index in [0.29, 0.717) is 29.1 Å². The summed E-state index contributed by atoms with van der Waals surface area (Å²) in [7, 11) is 3.91. The second-order valence-electron chi connectivity index (χ2n) is 7.17. The molecule has 3 heterocycles. The molecule has 0 bridgehead atoms. The molecule has 4 N–H and O–H groups in total. The number of nitrogens with zero attached hydrogens (tertiary/aromatic N) is 5. The molecule has 0 aliphatic heterocycles. The quantitative estimate of drug-likeness (QED) is 0.432. The molecule has 11 heteroatoms. The highest BCUT2D eigenvalue weighted by molar-refractivity contribution is 5.97. The minimum Gasteiger partial charge on any atom is -0.382 e. The zero-order valence-electron chi connectivity index (χ0n) is 16.9. The van der Waals surface area contributed by atoms with E-state index in [1.807, 2.05) is 19.0 Å². The fourth-order valence-electron chi connectivity index (χ4n) is 3.23. The normalized spacial score (nSPS) is 11.4. The number of fused-ring (bicyclic) bond motifs is 1. The summed E-state index contributed by atoms with van der Waals surface area (Å²) in [5.41, 5.74) is 5.79. The summed E-state index contributed by atoms with van der Waals surface area (Å²) in [6, 6.07) is 5.05. The van der Waals surface area contributed by atoms with Gasteiger partial charge in [-0.1, -0.05) is 6.07 Å². The first kappa shape index (κ1) is 20.4. The zero-order valence-corrected chi connectivity index (χ0v) is 16.9.